The predicted octanol–water partition coefficient (Wildman–Crippen LogP) is 4.08. The van der Waals surface area contributed by atoms with E-state index in [9.17, 15) is 34.5 Å². The number of carbonyl (C=O) groups excluding carboxylic acids is 4. The average Bonchev–Trinajstić information content (AvgIpc) is 3.15. The Hall–Kier alpha value is -2.52. The number of ketones is 2. The highest BCUT2D eigenvalue weighted by atomic mass is 16.7. The number of carbonyl (C=O) groups is 4. The third-order valence-corrected chi connectivity index (χ3v) is 12.6. The first-order valence-corrected chi connectivity index (χ1v) is 20.2. The van der Waals surface area contributed by atoms with Gasteiger partial charge in [-0.25, -0.2) is 4.79 Å². The van der Waals surface area contributed by atoms with E-state index in [2.05, 4.69) is 0 Å². The molecule has 3 fully saturated rings. The molecule has 0 radical (unpaired) electrons. The summed E-state index contributed by atoms with van der Waals surface area (Å²) in [5, 5.41) is 33.9. The van der Waals surface area contributed by atoms with Crippen LogP contribution in [-0.4, -0.2) is 126 Å². The molecule has 1 amide bonds. The van der Waals surface area contributed by atoms with Gasteiger partial charge in [0.25, 0.3) is 11.7 Å². The molecule has 1 saturated carbocycles. The van der Waals surface area contributed by atoms with Gasteiger partial charge in [0.15, 0.2) is 0 Å². The fourth-order valence-corrected chi connectivity index (χ4v) is 9.16. The number of hydrogen-bond donors (Lipinski definition) is 3. The number of allylic oxidation sites excluding steroid dienone is 3. The number of piperidine rings is 1. The lowest BCUT2D eigenvalue weighted by Gasteiger charge is -2.47. The zero-order chi connectivity index (χ0) is 40.8. The summed E-state index contributed by atoms with van der Waals surface area (Å²) in [6.07, 6.45) is 3.09. The number of Topliss-reactive ketones (excluding diaryl/α,β-unsaturated/α-hetero) is 2. The zero-order valence-corrected chi connectivity index (χ0v) is 34.4. The van der Waals surface area contributed by atoms with Gasteiger partial charge in [0.2, 0.25) is 5.79 Å². The second-order valence-corrected chi connectivity index (χ2v) is 16.9. The highest BCUT2D eigenvalue weighted by molar-refractivity contribution is 6.39. The minimum absolute atomic E-state index is 0.00142. The molecule has 2 saturated heterocycles. The van der Waals surface area contributed by atoms with Crippen LogP contribution < -0.4 is 0 Å². The molecule has 4 aliphatic rings. The van der Waals surface area contributed by atoms with Crippen LogP contribution in [0.1, 0.15) is 106 Å². The Morgan fingerprint density at radius 1 is 0.873 bits per heavy atom. The normalized spacial score (nSPS) is 42.1. The van der Waals surface area contributed by atoms with Crippen LogP contribution in [0.15, 0.2) is 23.3 Å². The van der Waals surface area contributed by atoms with Gasteiger partial charge in [-0.3, -0.25) is 14.4 Å². The van der Waals surface area contributed by atoms with Crippen molar-refractivity contribution in [1.29, 1.82) is 0 Å². The molecule has 13 nitrogen and oxygen atoms in total. The summed E-state index contributed by atoms with van der Waals surface area (Å²) in [7, 11) is 4.62. The predicted molar refractivity (Wildman–Crippen MR) is 203 cm³/mol. The lowest BCUT2D eigenvalue weighted by Crippen LogP contribution is -2.64. The fourth-order valence-electron chi connectivity index (χ4n) is 9.16. The molecule has 0 aromatic carbocycles. The Morgan fingerprint density at radius 3 is 2.18 bits per heavy atom. The highest BCUT2D eigenvalue weighted by Crippen LogP contribution is 2.39. The number of fused-ring (bicyclic) bond motifs is 3. The van der Waals surface area contributed by atoms with Crippen LogP contribution in [0.2, 0.25) is 0 Å². The standard InChI is InChI=1S/C42H67NO12/c1-23-16-24(2)18-35(52-8)38-36(53-9)20-27(5)42(50,55-38)39(47)40(48)43-15-11-10-12-30(43)41(49)54-37(28(6)33(46)22-32(45)25(3)17-23)26(4)19-29-13-14-31(44)34(21-29)51-7/h17,19,24-25,27-31,33-38,44,46,50H,10-16,18,20-22H2,1-9H3/b23-17+,26-19+/t24-,25+,27+,28+,29-,30?,31?,33?,34?,35?,36?,37?,38?,42?/m0/s1. The first-order chi connectivity index (χ1) is 25.9. The van der Waals surface area contributed by atoms with E-state index in [1.54, 1.807) is 27.9 Å². The minimum Gasteiger partial charge on any atom is -0.456 e. The Bertz CT molecular complexity index is 1410. The summed E-state index contributed by atoms with van der Waals surface area (Å²) in [6.45, 7) is 11.1. The number of hydrogen-bond acceptors (Lipinski definition) is 12. The van der Waals surface area contributed by atoms with Crippen LogP contribution in [-0.2, 0) is 42.9 Å². The number of nitrogens with zero attached hydrogens (tertiary/aromatic N) is 1. The molecule has 0 spiro atoms. The van der Waals surface area contributed by atoms with Gasteiger partial charge in [-0.2, -0.15) is 0 Å². The van der Waals surface area contributed by atoms with Crippen molar-refractivity contribution >= 4 is 23.4 Å². The molecule has 4 rings (SSSR count). The van der Waals surface area contributed by atoms with Crippen LogP contribution in [0, 0.1) is 29.6 Å². The van der Waals surface area contributed by atoms with Crippen molar-refractivity contribution < 1.29 is 58.2 Å². The second-order valence-electron chi connectivity index (χ2n) is 16.9. The summed E-state index contributed by atoms with van der Waals surface area (Å²) in [4.78, 5) is 57.3. The molecule has 13 heteroatoms. The Balaban J connectivity index is 1.75. The maximum Gasteiger partial charge on any atom is 0.329 e. The second kappa shape index (κ2) is 19.8. The van der Waals surface area contributed by atoms with Gasteiger partial charge < -0.3 is 43.9 Å². The van der Waals surface area contributed by atoms with Gasteiger partial charge in [-0.15, -0.1) is 0 Å². The highest BCUT2D eigenvalue weighted by Gasteiger charge is 2.56. The van der Waals surface area contributed by atoms with Crippen molar-refractivity contribution in [2.24, 2.45) is 29.6 Å². The van der Waals surface area contributed by atoms with Crippen molar-refractivity contribution in [3.8, 4) is 0 Å². The summed E-state index contributed by atoms with van der Waals surface area (Å²) < 4.78 is 29.6. The van der Waals surface area contributed by atoms with Crippen LogP contribution in [0.25, 0.3) is 0 Å². The molecule has 3 N–H and O–H groups in total. The van der Waals surface area contributed by atoms with Crippen molar-refractivity contribution in [2.75, 3.05) is 27.9 Å². The van der Waals surface area contributed by atoms with E-state index >= 15 is 0 Å². The van der Waals surface area contributed by atoms with E-state index in [1.807, 2.05) is 32.9 Å². The molecular weight excluding hydrogens is 710 g/mol. The Morgan fingerprint density at radius 2 is 1.53 bits per heavy atom. The Labute approximate surface area is 327 Å². The van der Waals surface area contributed by atoms with Gasteiger partial charge in [-0.1, -0.05) is 45.4 Å². The number of methoxy groups -OCH3 is 3. The number of amides is 1. The van der Waals surface area contributed by atoms with E-state index in [0.29, 0.717) is 50.5 Å². The van der Waals surface area contributed by atoms with Crippen LogP contribution in [0.3, 0.4) is 0 Å². The van der Waals surface area contributed by atoms with Crippen molar-refractivity contribution in [3.05, 3.63) is 23.3 Å². The molecule has 3 aliphatic heterocycles. The summed E-state index contributed by atoms with van der Waals surface area (Å²) >= 11 is 0. The molecule has 9 unspecified atom stereocenters. The summed E-state index contributed by atoms with van der Waals surface area (Å²) in [5.41, 5.74) is 1.64. The van der Waals surface area contributed by atoms with Gasteiger partial charge in [0.1, 0.15) is 24.0 Å². The molecular formula is C42H67NO12. The van der Waals surface area contributed by atoms with Crippen LogP contribution in [0.5, 0.6) is 0 Å². The average molecular weight is 778 g/mol. The minimum atomic E-state index is -2.50. The van der Waals surface area contributed by atoms with E-state index < -0.39 is 83.9 Å². The molecule has 14 atom stereocenters. The smallest absolute Gasteiger partial charge is 0.329 e. The number of ether oxygens (including phenoxy) is 5. The Kier molecular flexibility index (Phi) is 16.2. The van der Waals surface area contributed by atoms with E-state index in [1.165, 1.54) is 19.1 Å². The van der Waals surface area contributed by atoms with Crippen LogP contribution in [0.4, 0.5) is 0 Å². The molecule has 55 heavy (non-hydrogen) atoms. The van der Waals surface area contributed by atoms with Crippen molar-refractivity contribution in [2.45, 2.75) is 160 Å². The molecule has 1 aliphatic carbocycles. The quantitative estimate of drug-likeness (QED) is 0.207. The molecule has 2 bridgehead atoms. The van der Waals surface area contributed by atoms with Gasteiger partial charge in [0.05, 0.1) is 30.5 Å². The SMILES string of the molecule is COC1C[C@H](/C=C(\C)C2OC(=O)C3CCCCN3C(=O)C(=O)C3(O)OC(C(OC)C[C@@H](C)C/C(C)=C/[C@@H](C)C(=O)CC(O)[C@H]2C)C(OC)C[C@H]3C)CCC1O. The third kappa shape index (κ3) is 10.7. The van der Waals surface area contributed by atoms with Gasteiger partial charge in [-0.05, 0) is 89.0 Å². The monoisotopic (exact) mass is 777 g/mol. The van der Waals surface area contributed by atoms with Gasteiger partial charge in [0, 0.05) is 52.0 Å². The number of rotatable bonds is 5. The number of aliphatic hydroxyl groups excluding tert-OH is 2. The molecule has 0 aromatic rings. The lowest BCUT2D eigenvalue weighted by molar-refractivity contribution is -0.302. The topological polar surface area (TPSA) is 178 Å². The van der Waals surface area contributed by atoms with Crippen molar-refractivity contribution in [1.82, 2.24) is 4.90 Å². The van der Waals surface area contributed by atoms with E-state index in [-0.39, 0.29) is 49.5 Å². The molecule has 312 valence electrons. The first-order valence-electron chi connectivity index (χ1n) is 20.2. The summed E-state index contributed by atoms with van der Waals surface area (Å²) in [5.74, 6) is -7.59. The zero-order valence-electron chi connectivity index (χ0n) is 34.4. The fraction of sp³-hybridized carbons (Fsp3) is 0.810. The van der Waals surface area contributed by atoms with E-state index in [0.717, 1.165) is 5.57 Å². The summed E-state index contributed by atoms with van der Waals surface area (Å²) in [6, 6.07) is -1.13. The lowest BCUT2D eigenvalue weighted by atomic mass is 9.82. The largest absolute Gasteiger partial charge is 0.456 e. The molecule has 3 heterocycles. The van der Waals surface area contributed by atoms with Gasteiger partial charge >= 0.3 is 5.97 Å². The number of cyclic esters (lactones) is 1. The maximum atomic E-state index is 14.2. The van der Waals surface area contributed by atoms with Crippen LogP contribution >= 0.6 is 0 Å². The maximum absolute atomic E-state index is 14.2. The van der Waals surface area contributed by atoms with Crippen molar-refractivity contribution in [3.63, 3.8) is 0 Å². The molecule has 0 aromatic heterocycles. The third-order valence-electron chi connectivity index (χ3n) is 12.6. The number of esters is 1. The number of aliphatic hydroxyl groups is 3. The first kappa shape index (κ1) is 45.2. The van der Waals surface area contributed by atoms with E-state index in [4.69, 9.17) is 23.7 Å².